The molecule has 2 unspecified atom stereocenters. The second-order valence-electron chi connectivity index (χ2n) is 5.94. The SMILES string of the molecule is CC(N)C(c1cccc(F)c1)N1CCOC(C)(C)C1. The largest absolute Gasteiger partial charge is 0.373 e. The summed E-state index contributed by atoms with van der Waals surface area (Å²) in [5, 5.41) is 0. The number of hydrogen-bond acceptors (Lipinski definition) is 3. The van der Waals surface area contributed by atoms with Crippen LogP contribution in [0.1, 0.15) is 32.4 Å². The zero-order valence-corrected chi connectivity index (χ0v) is 11.9. The molecule has 0 bridgehead atoms. The van der Waals surface area contributed by atoms with Gasteiger partial charge in [0.25, 0.3) is 0 Å². The first-order valence-corrected chi connectivity index (χ1v) is 6.78. The number of nitrogens with two attached hydrogens (primary N) is 1. The van der Waals surface area contributed by atoms with Crippen LogP contribution in [0.15, 0.2) is 24.3 Å². The lowest BCUT2D eigenvalue weighted by molar-refractivity contribution is -0.0995. The third-order valence-corrected chi connectivity index (χ3v) is 3.54. The molecule has 2 atom stereocenters. The summed E-state index contributed by atoms with van der Waals surface area (Å²) < 4.78 is 19.2. The van der Waals surface area contributed by atoms with Crippen LogP contribution in [-0.2, 0) is 4.74 Å². The normalized spacial score (nSPS) is 23.0. The molecule has 1 aliphatic heterocycles. The Hall–Kier alpha value is -0.970. The highest BCUT2D eigenvalue weighted by atomic mass is 19.1. The lowest BCUT2D eigenvalue weighted by Gasteiger charge is -2.43. The molecular weight excluding hydrogens is 243 g/mol. The number of benzene rings is 1. The van der Waals surface area contributed by atoms with Crippen molar-refractivity contribution in [2.24, 2.45) is 5.73 Å². The van der Waals surface area contributed by atoms with Crippen LogP contribution in [-0.4, -0.2) is 36.2 Å². The zero-order chi connectivity index (χ0) is 14.0. The molecule has 0 aliphatic carbocycles. The van der Waals surface area contributed by atoms with Crippen LogP contribution >= 0.6 is 0 Å². The molecule has 1 heterocycles. The predicted molar refractivity (Wildman–Crippen MR) is 74.4 cm³/mol. The Kier molecular flexibility index (Phi) is 4.23. The number of ether oxygens (including phenoxy) is 1. The van der Waals surface area contributed by atoms with E-state index in [0.29, 0.717) is 6.61 Å². The summed E-state index contributed by atoms with van der Waals surface area (Å²) >= 11 is 0. The van der Waals surface area contributed by atoms with Crippen molar-refractivity contribution in [2.45, 2.75) is 38.5 Å². The van der Waals surface area contributed by atoms with Gasteiger partial charge in [-0.15, -0.1) is 0 Å². The van der Waals surface area contributed by atoms with Gasteiger partial charge in [0, 0.05) is 25.2 Å². The molecule has 2 N–H and O–H groups in total. The van der Waals surface area contributed by atoms with Gasteiger partial charge in [0.05, 0.1) is 12.2 Å². The highest BCUT2D eigenvalue weighted by Crippen LogP contribution is 2.29. The summed E-state index contributed by atoms with van der Waals surface area (Å²) in [5.74, 6) is -0.212. The number of rotatable bonds is 3. The number of morpholine rings is 1. The molecule has 0 saturated carbocycles. The van der Waals surface area contributed by atoms with Crippen molar-refractivity contribution in [1.29, 1.82) is 0 Å². The van der Waals surface area contributed by atoms with Crippen molar-refractivity contribution in [3.63, 3.8) is 0 Å². The molecule has 0 amide bonds. The summed E-state index contributed by atoms with van der Waals surface area (Å²) in [4.78, 5) is 2.29. The van der Waals surface area contributed by atoms with Gasteiger partial charge in [0.15, 0.2) is 0 Å². The fourth-order valence-electron chi connectivity index (χ4n) is 2.83. The van der Waals surface area contributed by atoms with Crippen LogP contribution in [0.4, 0.5) is 4.39 Å². The van der Waals surface area contributed by atoms with Crippen molar-refractivity contribution in [3.05, 3.63) is 35.6 Å². The fourth-order valence-corrected chi connectivity index (χ4v) is 2.83. The van der Waals surface area contributed by atoms with E-state index in [-0.39, 0.29) is 23.5 Å². The van der Waals surface area contributed by atoms with Crippen LogP contribution in [0.2, 0.25) is 0 Å². The molecular formula is C15H23FN2O. The molecule has 1 aliphatic rings. The van der Waals surface area contributed by atoms with Gasteiger partial charge in [-0.3, -0.25) is 4.90 Å². The minimum Gasteiger partial charge on any atom is -0.373 e. The minimum atomic E-state index is -0.212. The quantitative estimate of drug-likeness (QED) is 0.912. The van der Waals surface area contributed by atoms with E-state index in [1.54, 1.807) is 12.1 Å². The molecule has 0 radical (unpaired) electrons. The number of hydrogen-bond donors (Lipinski definition) is 1. The second kappa shape index (κ2) is 5.57. The van der Waals surface area contributed by atoms with Crippen LogP contribution in [0, 0.1) is 5.82 Å². The van der Waals surface area contributed by atoms with E-state index < -0.39 is 0 Å². The van der Waals surface area contributed by atoms with Gasteiger partial charge in [-0.05, 0) is 38.5 Å². The van der Waals surface area contributed by atoms with Crippen molar-refractivity contribution in [3.8, 4) is 0 Å². The van der Waals surface area contributed by atoms with Crippen molar-refractivity contribution >= 4 is 0 Å². The topological polar surface area (TPSA) is 38.5 Å². The Morgan fingerprint density at radius 3 is 2.74 bits per heavy atom. The molecule has 1 fully saturated rings. The maximum absolute atomic E-state index is 13.4. The molecule has 2 rings (SSSR count). The smallest absolute Gasteiger partial charge is 0.123 e. The molecule has 1 saturated heterocycles. The summed E-state index contributed by atoms with van der Waals surface area (Å²) in [7, 11) is 0. The summed E-state index contributed by atoms with van der Waals surface area (Å²) in [5.41, 5.74) is 6.89. The van der Waals surface area contributed by atoms with E-state index in [2.05, 4.69) is 18.7 Å². The van der Waals surface area contributed by atoms with Crippen LogP contribution < -0.4 is 5.73 Å². The molecule has 0 aromatic heterocycles. The third kappa shape index (κ3) is 3.53. The Balaban J connectivity index is 2.25. The third-order valence-electron chi connectivity index (χ3n) is 3.54. The van der Waals surface area contributed by atoms with Gasteiger partial charge >= 0.3 is 0 Å². The monoisotopic (exact) mass is 266 g/mol. The fraction of sp³-hybridized carbons (Fsp3) is 0.600. The molecule has 4 heteroatoms. The molecule has 106 valence electrons. The Morgan fingerprint density at radius 2 is 2.16 bits per heavy atom. The Labute approximate surface area is 114 Å². The molecule has 19 heavy (non-hydrogen) atoms. The highest BCUT2D eigenvalue weighted by Gasteiger charge is 2.33. The van der Waals surface area contributed by atoms with Gasteiger partial charge < -0.3 is 10.5 Å². The van der Waals surface area contributed by atoms with Gasteiger partial charge in [-0.25, -0.2) is 4.39 Å². The van der Waals surface area contributed by atoms with Gasteiger partial charge in [0.1, 0.15) is 5.82 Å². The molecule has 1 aromatic rings. The van der Waals surface area contributed by atoms with Gasteiger partial charge in [0.2, 0.25) is 0 Å². The molecule has 3 nitrogen and oxygen atoms in total. The van der Waals surface area contributed by atoms with Gasteiger partial charge in [-0.2, -0.15) is 0 Å². The van der Waals surface area contributed by atoms with E-state index in [9.17, 15) is 4.39 Å². The maximum Gasteiger partial charge on any atom is 0.123 e. The number of nitrogens with zero attached hydrogens (tertiary/aromatic N) is 1. The lowest BCUT2D eigenvalue weighted by atomic mass is 9.96. The minimum absolute atomic E-state index is 0.0267. The first kappa shape index (κ1) is 14.4. The number of halogens is 1. The van der Waals surface area contributed by atoms with Crippen LogP contribution in [0.25, 0.3) is 0 Å². The van der Waals surface area contributed by atoms with Crippen molar-refractivity contribution < 1.29 is 9.13 Å². The first-order valence-electron chi connectivity index (χ1n) is 6.78. The predicted octanol–water partition coefficient (Wildman–Crippen LogP) is 2.32. The zero-order valence-electron chi connectivity index (χ0n) is 11.9. The summed E-state index contributed by atoms with van der Waals surface area (Å²) in [6.07, 6.45) is 0. The van der Waals surface area contributed by atoms with E-state index >= 15 is 0 Å². The van der Waals surface area contributed by atoms with Crippen LogP contribution in [0.5, 0.6) is 0 Å². The summed E-state index contributed by atoms with van der Waals surface area (Å²) in [6, 6.07) is 6.70. The van der Waals surface area contributed by atoms with E-state index in [4.69, 9.17) is 10.5 Å². The average Bonchev–Trinajstić information content (AvgIpc) is 2.27. The molecule has 0 spiro atoms. The Bertz CT molecular complexity index is 434. The van der Waals surface area contributed by atoms with Crippen molar-refractivity contribution in [2.75, 3.05) is 19.7 Å². The average molecular weight is 266 g/mol. The van der Waals surface area contributed by atoms with E-state index in [1.807, 2.05) is 13.0 Å². The summed E-state index contributed by atoms with van der Waals surface area (Å²) in [6.45, 7) is 8.43. The van der Waals surface area contributed by atoms with Gasteiger partial charge in [-0.1, -0.05) is 12.1 Å². The molecule has 1 aromatic carbocycles. The van der Waals surface area contributed by atoms with E-state index in [1.165, 1.54) is 6.07 Å². The standard InChI is InChI=1S/C15H23FN2O/c1-11(17)14(12-5-4-6-13(16)9-12)18-7-8-19-15(2,3)10-18/h4-6,9,11,14H,7-8,10,17H2,1-3H3. The van der Waals surface area contributed by atoms with Crippen molar-refractivity contribution in [1.82, 2.24) is 4.90 Å². The maximum atomic E-state index is 13.4. The lowest BCUT2D eigenvalue weighted by Crippen LogP contribution is -2.52. The second-order valence-corrected chi connectivity index (χ2v) is 5.94. The highest BCUT2D eigenvalue weighted by molar-refractivity contribution is 5.22. The van der Waals surface area contributed by atoms with Crippen LogP contribution in [0.3, 0.4) is 0 Å². The van der Waals surface area contributed by atoms with E-state index in [0.717, 1.165) is 18.7 Å². The first-order chi connectivity index (χ1) is 8.89. The Morgan fingerprint density at radius 1 is 1.42 bits per heavy atom.